The van der Waals surface area contributed by atoms with E-state index in [9.17, 15) is 9.13 Å². The summed E-state index contributed by atoms with van der Waals surface area (Å²) >= 11 is 2.24. The minimum Gasteiger partial charge on any atom is -0.283 e. The van der Waals surface area contributed by atoms with Gasteiger partial charge in [-0.1, -0.05) is 84.9 Å². The molecule has 3 nitrogen and oxygen atoms in total. The van der Waals surface area contributed by atoms with Crippen LogP contribution in [0.25, 0.3) is 22.3 Å². The van der Waals surface area contributed by atoms with Crippen LogP contribution < -0.4 is 0 Å². The van der Waals surface area contributed by atoms with Crippen LogP contribution in [0.5, 0.6) is 0 Å². The Labute approximate surface area is 191 Å². The summed E-state index contributed by atoms with van der Waals surface area (Å²) in [6, 6.07) is 35.7. The maximum Gasteiger partial charge on any atom is 0.256 e. The second-order valence-corrected chi connectivity index (χ2v) is 13.0. The summed E-state index contributed by atoms with van der Waals surface area (Å²) in [7, 11) is -5.02. The van der Waals surface area contributed by atoms with Crippen molar-refractivity contribution in [1.82, 2.24) is 0 Å². The fraction of sp³-hybridized carbons (Fsp3) is 0. The Morgan fingerprint density at radius 3 is 1.13 bits per heavy atom. The summed E-state index contributed by atoms with van der Waals surface area (Å²) in [4.78, 5) is 1.66. The molecule has 4 aromatic carbocycles. The molecule has 0 bridgehead atoms. The van der Waals surface area contributed by atoms with Crippen molar-refractivity contribution in [3.05, 3.63) is 109 Å². The molecule has 0 aliphatic rings. The van der Waals surface area contributed by atoms with Crippen molar-refractivity contribution in [2.24, 2.45) is 0 Å². The van der Waals surface area contributed by atoms with Gasteiger partial charge in [0.2, 0.25) is 0 Å². The van der Waals surface area contributed by atoms with Gasteiger partial charge in [-0.05, 0) is 69.3 Å². The van der Waals surface area contributed by atoms with Gasteiger partial charge in [0.25, 0.3) is 14.5 Å². The first kappa shape index (κ1) is 22.2. The van der Waals surface area contributed by atoms with Gasteiger partial charge in [-0.2, -0.15) is 0 Å². The molecule has 0 N–H and O–H groups in total. The Kier molecular flexibility index (Phi) is 7.91. The lowest BCUT2D eigenvalue weighted by Gasteiger charge is -2.07. The van der Waals surface area contributed by atoms with E-state index in [1.807, 2.05) is 109 Å². The summed E-state index contributed by atoms with van der Waals surface area (Å²) < 4.78 is 30.0. The van der Waals surface area contributed by atoms with Crippen molar-refractivity contribution in [2.75, 3.05) is 0 Å². The zero-order valence-electron chi connectivity index (χ0n) is 16.4. The van der Waals surface area contributed by atoms with Crippen LogP contribution in [-0.2, 0) is 13.4 Å². The Hall–Kier alpha value is -2.00. The van der Waals surface area contributed by atoms with E-state index in [0.717, 1.165) is 54.8 Å². The highest BCUT2D eigenvalue weighted by molar-refractivity contribution is 8.55. The van der Waals surface area contributed by atoms with E-state index in [-0.39, 0.29) is 0 Å². The fourth-order valence-corrected chi connectivity index (χ4v) is 9.36. The highest BCUT2D eigenvalue weighted by atomic mass is 32.7. The molecule has 0 amide bonds. The third-order valence-electron chi connectivity index (χ3n) is 4.49. The smallest absolute Gasteiger partial charge is 0.256 e. The molecule has 156 valence electrons. The maximum atomic E-state index is 12.3. The molecule has 0 aromatic heterocycles. The molecule has 7 heteroatoms. The molecule has 0 spiro atoms. The van der Waals surface area contributed by atoms with Crippen LogP contribution in [0.1, 0.15) is 0 Å². The van der Waals surface area contributed by atoms with E-state index in [1.165, 1.54) is 0 Å². The van der Waals surface area contributed by atoms with Crippen LogP contribution in [0.4, 0.5) is 0 Å². The summed E-state index contributed by atoms with van der Waals surface area (Å²) in [5.41, 5.74) is 4.44. The quantitative estimate of drug-likeness (QED) is 0.235. The second-order valence-electron chi connectivity index (χ2n) is 6.59. The van der Waals surface area contributed by atoms with Gasteiger partial charge in [-0.3, -0.25) is 13.4 Å². The summed E-state index contributed by atoms with van der Waals surface area (Å²) in [6.45, 7) is 0. The molecule has 4 rings (SSSR count). The zero-order chi connectivity index (χ0) is 21.5. The lowest BCUT2D eigenvalue weighted by atomic mass is 10.1. The van der Waals surface area contributed by atoms with Gasteiger partial charge < -0.3 is 0 Å². The molecular weight excluding hydrogens is 462 g/mol. The second kappa shape index (κ2) is 11.0. The first-order valence-corrected chi connectivity index (χ1v) is 15.3. The summed E-state index contributed by atoms with van der Waals surface area (Å²) in [5, 5.41) is 0. The molecule has 2 unspecified atom stereocenters. The van der Waals surface area contributed by atoms with Crippen molar-refractivity contribution in [3.8, 4) is 22.3 Å². The third-order valence-corrected chi connectivity index (χ3v) is 11.1. The Bertz CT molecular complexity index is 1070. The highest BCUT2D eigenvalue weighted by Gasteiger charge is 2.10. The molecule has 0 fully saturated rings. The monoisotopic (exact) mass is 482 g/mol. The predicted molar refractivity (Wildman–Crippen MR) is 135 cm³/mol. The number of hydrogen-bond donors (Lipinski definition) is 0. The predicted octanol–water partition coefficient (Wildman–Crippen LogP) is 8.70. The van der Waals surface area contributed by atoms with Crippen molar-refractivity contribution < 1.29 is 13.4 Å². The largest absolute Gasteiger partial charge is 0.283 e. The van der Waals surface area contributed by atoms with Gasteiger partial charge in [0.1, 0.15) is 0 Å². The van der Waals surface area contributed by atoms with Crippen molar-refractivity contribution >= 4 is 37.2 Å². The van der Waals surface area contributed by atoms with Crippen molar-refractivity contribution in [3.63, 3.8) is 0 Å². The molecule has 0 saturated carbocycles. The SMILES string of the molecule is O=[PH](O[PH](=O)Sc1ccc(-c2ccccc2)cc1)Sc1ccc(-c2ccccc2)cc1. The van der Waals surface area contributed by atoms with E-state index >= 15 is 0 Å². The average Bonchev–Trinajstić information content (AvgIpc) is 2.81. The summed E-state index contributed by atoms with van der Waals surface area (Å²) in [6.07, 6.45) is 0. The van der Waals surface area contributed by atoms with Crippen LogP contribution in [0.3, 0.4) is 0 Å². The van der Waals surface area contributed by atoms with Gasteiger partial charge >= 0.3 is 0 Å². The van der Waals surface area contributed by atoms with Gasteiger partial charge in [0.05, 0.1) is 0 Å². The Morgan fingerprint density at radius 2 is 0.774 bits per heavy atom. The molecule has 0 aliphatic carbocycles. The Morgan fingerprint density at radius 1 is 0.452 bits per heavy atom. The number of benzene rings is 4. The minimum absolute atomic E-state index is 0.829. The lowest BCUT2D eigenvalue weighted by Crippen LogP contribution is -1.77. The average molecular weight is 483 g/mol. The number of rotatable bonds is 8. The normalized spacial score (nSPS) is 12.9. The lowest BCUT2D eigenvalue weighted by molar-refractivity contribution is 0.509. The third kappa shape index (κ3) is 6.49. The van der Waals surface area contributed by atoms with E-state index in [2.05, 4.69) is 0 Å². The van der Waals surface area contributed by atoms with Crippen molar-refractivity contribution in [1.29, 1.82) is 0 Å². The van der Waals surface area contributed by atoms with E-state index in [1.54, 1.807) is 0 Å². The molecule has 0 heterocycles. The van der Waals surface area contributed by atoms with Crippen molar-refractivity contribution in [2.45, 2.75) is 9.79 Å². The number of hydrogen-bond acceptors (Lipinski definition) is 5. The molecule has 0 aliphatic heterocycles. The van der Waals surface area contributed by atoms with Crippen LogP contribution in [0.2, 0.25) is 0 Å². The highest BCUT2D eigenvalue weighted by Crippen LogP contribution is 2.57. The van der Waals surface area contributed by atoms with Crippen LogP contribution >= 0.6 is 37.2 Å². The molecular formula is C24H20O3P2S2. The Balaban J connectivity index is 1.30. The molecule has 2 atom stereocenters. The molecule has 4 aromatic rings. The van der Waals surface area contributed by atoms with Gasteiger partial charge in [0.15, 0.2) is 0 Å². The van der Waals surface area contributed by atoms with Gasteiger partial charge in [-0.25, -0.2) is 0 Å². The topological polar surface area (TPSA) is 43.4 Å². The first-order chi connectivity index (χ1) is 15.2. The zero-order valence-corrected chi connectivity index (χ0v) is 20.1. The molecule has 31 heavy (non-hydrogen) atoms. The standard InChI is InChI=1S/C24H20O3P2S2/c25-28(30-23-15-11-21(12-16-23)19-7-3-1-4-8-19)27-29(26)31-24-17-13-22(14-18-24)20-9-5-2-6-10-20/h1-18,28-29H. The van der Waals surface area contributed by atoms with Gasteiger partial charge in [-0.15, -0.1) is 0 Å². The fourth-order valence-electron chi connectivity index (χ4n) is 2.99. The van der Waals surface area contributed by atoms with E-state index in [4.69, 9.17) is 4.31 Å². The molecule has 0 radical (unpaired) electrons. The maximum absolute atomic E-state index is 12.3. The van der Waals surface area contributed by atoms with E-state index in [0.29, 0.717) is 0 Å². The van der Waals surface area contributed by atoms with E-state index < -0.39 is 14.5 Å². The van der Waals surface area contributed by atoms with Crippen LogP contribution in [0.15, 0.2) is 119 Å². The summed E-state index contributed by atoms with van der Waals surface area (Å²) in [5.74, 6) is 0. The minimum atomic E-state index is -2.51. The molecule has 0 saturated heterocycles. The van der Waals surface area contributed by atoms with Gasteiger partial charge in [0, 0.05) is 9.79 Å². The van der Waals surface area contributed by atoms with Crippen LogP contribution in [-0.4, -0.2) is 0 Å². The van der Waals surface area contributed by atoms with Crippen LogP contribution in [0, 0.1) is 0 Å². The first-order valence-electron chi connectivity index (χ1n) is 9.60.